The summed E-state index contributed by atoms with van der Waals surface area (Å²) in [5, 5.41) is 10.3. The van der Waals surface area contributed by atoms with Crippen LogP contribution in [0.25, 0.3) is 11.8 Å². The lowest BCUT2D eigenvalue weighted by Crippen LogP contribution is -2.35. The van der Waals surface area contributed by atoms with E-state index in [1.54, 1.807) is 6.20 Å². The van der Waals surface area contributed by atoms with E-state index < -0.39 is 0 Å². The molecular weight excluding hydrogens is 428 g/mol. The molecule has 35 heavy (non-hydrogen) atoms. The second-order valence-electron chi connectivity index (χ2n) is 9.18. The summed E-state index contributed by atoms with van der Waals surface area (Å²) in [6, 6.07) is 6.44. The number of hydrogen-bond donors (Lipinski definition) is 3. The van der Waals surface area contributed by atoms with E-state index in [9.17, 15) is 0 Å². The summed E-state index contributed by atoms with van der Waals surface area (Å²) >= 11 is 0. The van der Waals surface area contributed by atoms with Crippen LogP contribution in [0.3, 0.4) is 0 Å². The normalized spacial score (nSPS) is 11.3. The van der Waals surface area contributed by atoms with E-state index in [1.807, 2.05) is 6.08 Å². The fraction of sp³-hybridized carbons (Fsp3) is 0.484. The monoisotopic (exact) mass is 478 g/mol. The molecule has 4 nitrogen and oxygen atoms in total. The van der Waals surface area contributed by atoms with E-state index in [0.29, 0.717) is 0 Å². The molecule has 1 rings (SSSR count). The third kappa shape index (κ3) is 10.5. The summed E-state index contributed by atoms with van der Waals surface area (Å²) in [5.74, 6) is 0. The topological polar surface area (TPSA) is 39.3 Å². The zero-order chi connectivity index (χ0) is 26.1. The van der Waals surface area contributed by atoms with Crippen molar-refractivity contribution in [2.24, 2.45) is 0 Å². The molecule has 1 aromatic rings. The van der Waals surface area contributed by atoms with Crippen molar-refractivity contribution in [1.82, 2.24) is 15.5 Å². The van der Waals surface area contributed by atoms with Crippen LogP contribution in [-0.4, -0.2) is 31.1 Å². The van der Waals surface area contributed by atoms with Gasteiger partial charge >= 0.3 is 0 Å². The lowest BCUT2D eigenvalue weighted by molar-refractivity contribution is 0.359. The molecule has 0 bridgehead atoms. The van der Waals surface area contributed by atoms with E-state index in [1.165, 1.54) is 37.8 Å². The number of unbranched alkanes of at least 4 members (excludes halogenated alkanes) is 4. The van der Waals surface area contributed by atoms with Crippen LogP contribution in [0.2, 0.25) is 0 Å². The van der Waals surface area contributed by atoms with Crippen molar-refractivity contribution in [3.8, 4) is 0 Å². The van der Waals surface area contributed by atoms with Crippen LogP contribution in [0.5, 0.6) is 0 Å². The minimum atomic E-state index is 0.128. The van der Waals surface area contributed by atoms with Gasteiger partial charge < -0.3 is 20.9 Å². The van der Waals surface area contributed by atoms with Crippen molar-refractivity contribution >= 4 is 17.5 Å². The summed E-state index contributed by atoms with van der Waals surface area (Å²) in [6.07, 6.45) is 13.9. The van der Waals surface area contributed by atoms with Crippen LogP contribution < -0.4 is 16.0 Å². The summed E-state index contributed by atoms with van der Waals surface area (Å²) in [5.41, 5.74) is 6.36. The highest BCUT2D eigenvalue weighted by atomic mass is 15.2. The number of likely N-dealkylation sites (N-methyl/N-ethyl adjacent to an activating group) is 1. The van der Waals surface area contributed by atoms with Gasteiger partial charge in [0.15, 0.2) is 0 Å². The van der Waals surface area contributed by atoms with E-state index in [4.69, 9.17) is 0 Å². The molecule has 1 unspecified atom stereocenters. The first-order valence-electron chi connectivity index (χ1n) is 13.3. The molecule has 0 aliphatic heterocycles. The van der Waals surface area contributed by atoms with Gasteiger partial charge in [-0.1, -0.05) is 90.6 Å². The van der Waals surface area contributed by atoms with Crippen molar-refractivity contribution in [2.45, 2.75) is 77.7 Å². The van der Waals surface area contributed by atoms with Gasteiger partial charge in [0.05, 0.1) is 6.04 Å². The Morgan fingerprint density at radius 1 is 0.971 bits per heavy atom. The molecule has 0 aromatic heterocycles. The van der Waals surface area contributed by atoms with Gasteiger partial charge in [0.25, 0.3) is 0 Å². The standard InChI is InChI=1S/C31H50N4/c1-9-13-20-25(5)33-23-16-14-15-17-24-34-29-22-18-21-28(11-3)31(29)27(7)35(8)30(19-10-2)26(6)32-12-4/h11-12,18,21-22,30,32-34H,3-7,9-10,13-17,19-20,23-24H2,1-2,8H3. The molecule has 0 aliphatic carbocycles. The predicted molar refractivity (Wildman–Crippen MR) is 158 cm³/mol. The fourth-order valence-corrected chi connectivity index (χ4v) is 4.25. The van der Waals surface area contributed by atoms with Gasteiger partial charge in [-0.3, -0.25) is 0 Å². The molecular formula is C31H50N4. The number of hydrogen-bond acceptors (Lipinski definition) is 4. The zero-order valence-electron chi connectivity index (χ0n) is 22.7. The van der Waals surface area contributed by atoms with Crippen molar-refractivity contribution in [2.75, 3.05) is 25.5 Å². The molecule has 1 atom stereocenters. The third-order valence-electron chi connectivity index (χ3n) is 6.38. The second-order valence-corrected chi connectivity index (χ2v) is 9.18. The number of allylic oxidation sites excluding steroid dienone is 1. The van der Waals surface area contributed by atoms with E-state index in [0.717, 1.165) is 67.0 Å². The van der Waals surface area contributed by atoms with Crippen molar-refractivity contribution in [3.05, 3.63) is 79.8 Å². The van der Waals surface area contributed by atoms with Crippen LogP contribution >= 0.6 is 0 Å². The minimum absolute atomic E-state index is 0.128. The number of nitrogens with one attached hydrogen (secondary N) is 3. The van der Waals surface area contributed by atoms with Crippen LogP contribution in [-0.2, 0) is 0 Å². The maximum atomic E-state index is 4.48. The Bertz CT molecular complexity index is 823. The Morgan fingerprint density at radius 2 is 1.69 bits per heavy atom. The molecule has 0 radical (unpaired) electrons. The van der Waals surface area contributed by atoms with Gasteiger partial charge in [-0.05, 0) is 49.9 Å². The largest absolute Gasteiger partial charge is 0.389 e. The maximum absolute atomic E-state index is 4.48. The van der Waals surface area contributed by atoms with Crippen molar-refractivity contribution < 1.29 is 0 Å². The van der Waals surface area contributed by atoms with Gasteiger partial charge in [0.2, 0.25) is 0 Å². The Morgan fingerprint density at radius 3 is 2.31 bits per heavy atom. The van der Waals surface area contributed by atoms with Crippen molar-refractivity contribution in [3.63, 3.8) is 0 Å². The maximum Gasteiger partial charge on any atom is 0.0682 e. The van der Waals surface area contributed by atoms with Crippen LogP contribution in [0.1, 0.15) is 82.8 Å². The van der Waals surface area contributed by atoms with Crippen molar-refractivity contribution in [1.29, 1.82) is 0 Å². The summed E-state index contributed by atoms with van der Waals surface area (Å²) < 4.78 is 0. The summed E-state index contributed by atoms with van der Waals surface area (Å²) in [6.45, 7) is 27.0. The Labute approximate surface area is 216 Å². The quantitative estimate of drug-likeness (QED) is 0.157. The lowest BCUT2D eigenvalue weighted by Gasteiger charge is -2.34. The molecule has 0 aliphatic rings. The molecule has 194 valence electrons. The van der Waals surface area contributed by atoms with Crippen LogP contribution in [0, 0.1) is 0 Å². The smallest absolute Gasteiger partial charge is 0.0682 e. The van der Waals surface area contributed by atoms with Gasteiger partial charge in [0.1, 0.15) is 0 Å². The van der Waals surface area contributed by atoms with Gasteiger partial charge in [0, 0.05) is 48.5 Å². The van der Waals surface area contributed by atoms with Crippen LogP contribution in [0.4, 0.5) is 5.69 Å². The fourth-order valence-electron chi connectivity index (χ4n) is 4.25. The first-order chi connectivity index (χ1) is 16.9. The second kappa shape index (κ2) is 17.5. The average Bonchev–Trinajstić information content (AvgIpc) is 2.86. The summed E-state index contributed by atoms with van der Waals surface area (Å²) in [7, 11) is 2.09. The van der Waals surface area contributed by atoms with Gasteiger partial charge in [-0.15, -0.1) is 0 Å². The average molecular weight is 479 g/mol. The first-order valence-corrected chi connectivity index (χ1v) is 13.3. The predicted octanol–water partition coefficient (Wildman–Crippen LogP) is 7.91. The number of rotatable bonds is 21. The number of nitrogens with zero attached hydrogens (tertiary/aromatic N) is 1. The first kappa shape index (κ1) is 30.2. The molecule has 0 amide bonds. The highest BCUT2D eigenvalue weighted by Crippen LogP contribution is 2.32. The molecule has 0 saturated heterocycles. The third-order valence-corrected chi connectivity index (χ3v) is 6.38. The van der Waals surface area contributed by atoms with E-state index in [2.05, 4.69) is 92.8 Å². The van der Waals surface area contributed by atoms with Crippen LogP contribution in [0.15, 0.2) is 68.7 Å². The minimum Gasteiger partial charge on any atom is -0.389 e. The van der Waals surface area contributed by atoms with E-state index >= 15 is 0 Å². The van der Waals surface area contributed by atoms with Gasteiger partial charge in [-0.2, -0.15) is 0 Å². The summed E-state index contributed by atoms with van der Waals surface area (Å²) in [4.78, 5) is 2.22. The molecule has 1 aromatic carbocycles. The zero-order valence-corrected chi connectivity index (χ0v) is 22.7. The lowest BCUT2D eigenvalue weighted by atomic mass is 9.99. The Kier molecular flexibility index (Phi) is 15.1. The SMILES string of the molecule is C=CNC(=C)C(CCC)N(C)C(=C)c1c(C=C)cccc1NCCCCCCNC(=C)CCCC. The molecule has 0 spiro atoms. The van der Waals surface area contributed by atoms with Gasteiger partial charge in [-0.25, -0.2) is 0 Å². The molecule has 0 saturated carbocycles. The number of anilines is 1. The number of benzene rings is 1. The molecule has 0 heterocycles. The molecule has 0 fully saturated rings. The Balaban J connectivity index is 2.69. The highest BCUT2D eigenvalue weighted by molar-refractivity contribution is 5.81. The molecule has 4 heteroatoms. The molecule has 3 N–H and O–H groups in total. The Hall–Kier alpha value is -2.88. The van der Waals surface area contributed by atoms with E-state index in [-0.39, 0.29) is 6.04 Å². The highest BCUT2D eigenvalue weighted by Gasteiger charge is 2.22.